The molecule has 3 aromatic rings. The third-order valence-corrected chi connectivity index (χ3v) is 3.69. The minimum atomic E-state index is 0.690. The number of rotatable bonds is 2. The minimum absolute atomic E-state index is 0.690. The van der Waals surface area contributed by atoms with Gasteiger partial charge in [-0.2, -0.15) is 0 Å². The first kappa shape index (κ1) is 13.0. The van der Waals surface area contributed by atoms with Crippen molar-refractivity contribution < 1.29 is 0 Å². The third-order valence-electron chi connectivity index (χ3n) is 3.69. The molecule has 4 heterocycles. The van der Waals surface area contributed by atoms with Crippen molar-refractivity contribution in [2.75, 3.05) is 31.1 Å². The Kier molecular flexibility index (Phi) is 3.32. The number of fused-ring (bicyclic) bond motifs is 1. The van der Waals surface area contributed by atoms with Crippen LogP contribution in [0.4, 0.5) is 5.95 Å². The number of hydrogen-bond acceptors (Lipinski definition) is 7. The molecule has 1 saturated heterocycles. The molecule has 0 atom stereocenters. The van der Waals surface area contributed by atoms with Crippen LogP contribution < -0.4 is 10.2 Å². The topological polar surface area (TPSA) is 79.7 Å². The average molecular weight is 293 g/mol. The lowest BCUT2D eigenvalue weighted by Crippen LogP contribution is -2.44. The second-order valence-corrected chi connectivity index (χ2v) is 5.14. The van der Waals surface area contributed by atoms with Gasteiger partial charge in [0.1, 0.15) is 6.33 Å². The highest BCUT2D eigenvalue weighted by Crippen LogP contribution is 2.21. The molecule has 4 rings (SSSR count). The largest absolute Gasteiger partial charge is 0.338 e. The lowest BCUT2D eigenvalue weighted by atomic mass is 10.2. The van der Waals surface area contributed by atoms with Gasteiger partial charge < -0.3 is 10.2 Å². The second kappa shape index (κ2) is 5.61. The van der Waals surface area contributed by atoms with E-state index in [1.54, 1.807) is 18.6 Å². The van der Waals surface area contributed by atoms with Crippen molar-refractivity contribution in [1.29, 1.82) is 0 Å². The van der Waals surface area contributed by atoms with Gasteiger partial charge in [-0.25, -0.2) is 24.9 Å². The Balaban J connectivity index is 1.71. The molecule has 3 aromatic heterocycles. The predicted molar refractivity (Wildman–Crippen MR) is 83.4 cm³/mol. The Labute approximate surface area is 127 Å². The number of anilines is 1. The Morgan fingerprint density at radius 1 is 1.05 bits per heavy atom. The van der Waals surface area contributed by atoms with Crippen molar-refractivity contribution in [2.24, 2.45) is 0 Å². The number of pyridine rings is 1. The highest BCUT2D eigenvalue weighted by atomic mass is 15.3. The fourth-order valence-electron chi connectivity index (χ4n) is 2.55. The van der Waals surface area contributed by atoms with Crippen LogP contribution in [0.1, 0.15) is 0 Å². The first-order chi connectivity index (χ1) is 10.9. The van der Waals surface area contributed by atoms with Gasteiger partial charge in [0, 0.05) is 55.7 Å². The van der Waals surface area contributed by atoms with E-state index in [4.69, 9.17) is 0 Å². The molecule has 1 N–H and O–H groups in total. The van der Waals surface area contributed by atoms with Crippen LogP contribution in [0.5, 0.6) is 0 Å². The van der Waals surface area contributed by atoms with Gasteiger partial charge in [-0.3, -0.25) is 0 Å². The van der Waals surface area contributed by atoms with Crippen molar-refractivity contribution >= 4 is 17.0 Å². The molecular formula is C15H15N7. The van der Waals surface area contributed by atoms with Crippen LogP contribution >= 0.6 is 0 Å². The van der Waals surface area contributed by atoms with Gasteiger partial charge in [-0.05, 0) is 12.1 Å². The Bertz CT molecular complexity index is 799. The van der Waals surface area contributed by atoms with Crippen molar-refractivity contribution in [3.63, 3.8) is 0 Å². The normalized spacial score (nSPS) is 15.2. The summed E-state index contributed by atoms with van der Waals surface area (Å²) >= 11 is 0. The molecule has 0 aromatic carbocycles. The van der Waals surface area contributed by atoms with E-state index in [-0.39, 0.29) is 0 Å². The predicted octanol–water partition coefficient (Wildman–Crippen LogP) is 0.891. The van der Waals surface area contributed by atoms with Gasteiger partial charge in [-0.15, -0.1) is 0 Å². The lowest BCUT2D eigenvalue weighted by Gasteiger charge is -2.27. The molecule has 1 fully saturated rings. The van der Waals surface area contributed by atoms with E-state index in [2.05, 4.69) is 35.1 Å². The summed E-state index contributed by atoms with van der Waals surface area (Å²) in [5.74, 6) is 0.767. The smallest absolute Gasteiger partial charge is 0.225 e. The van der Waals surface area contributed by atoms with Crippen molar-refractivity contribution in [3.05, 3.63) is 37.1 Å². The maximum absolute atomic E-state index is 4.68. The van der Waals surface area contributed by atoms with Crippen LogP contribution in [0.15, 0.2) is 37.1 Å². The molecule has 1 aliphatic rings. The molecule has 0 bridgehead atoms. The maximum Gasteiger partial charge on any atom is 0.225 e. The fourth-order valence-corrected chi connectivity index (χ4v) is 2.55. The van der Waals surface area contributed by atoms with E-state index < -0.39 is 0 Å². The van der Waals surface area contributed by atoms with Crippen LogP contribution in [0.25, 0.3) is 22.3 Å². The molecule has 0 saturated carbocycles. The van der Waals surface area contributed by atoms with Gasteiger partial charge in [0.2, 0.25) is 5.95 Å². The van der Waals surface area contributed by atoms with E-state index >= 15 is 0 Å². The lowest BCUT2D eigenvalue weighted by molar-refractivity contribution is 0.580. The van der Waals surface area contributed by atoms with Crippen LogP contribution in [0, 0.1) is 0 Å². The molecule has 110 valence electrons. The molecular weight excluding hydrogens is 278 g/mol. The van der Waals surface area contributed by atoms with E-state index in [0.29, 0.717) is 5.65 Å². The summed E-state index contributed by atoms with van der Waals surface area (Å²) < 4.78 is 0. The molecule has 0 radical (unpaired) electrons. The number of nitrogens with one attached hydrogen (secondary N) is 1. The van der Waals surface area contributed by atoms with Gasteiger partial charge in [-0.1, -0.05) is 0 Å². The maximum atomic E-state index is 4.68. The van der Waals surface area contributed by atoms with Gasteiger partial charge in [0.15, 0.2) is 5.65 Å². The summed E-state index contributed by atoms with van der Waals surface area (Å²) in [6, 6.07) is 3.91. The molecule has 22 heavy (non-hydrogen) atoms. The van der Waals surface area contributed by atoms with Gasteiger partial charge in [0.05, 0.1) is 5.69 Å². The van der Waals surface area contributed by atoms with E-state index in [0.717, 1.165) is 48.8 Å². The quantitative estimate of drug-likeness (QED) is 0.751. The number of hydrogen-bond donors (Lipinski definition) is 1. The van der Waals surface area contributed by atoms with Crippen LogP contribution in [0.3, 0.4) is 0 Å². The Morgan fingerprint density at radius 2 is 1.95 bits per heavy atom. The van der Waals surface area contributed by atoms with Gasteiger partial charge >= 0.3 is 0 Å². The van der Waals surface area contributed by atoms with Crippen LogP contribution in [0.2, 0.25) is 0 Å². The molecule has 0 spiro atoms. The van der Waals surface area contributed by atoms with Crippen molar-refractivity contribution in [3.8, 4) is 11.3 Å². The first-order valence-electron chi connectivity index (χ1n) is 7.25. The number of piperazine rings is 1. The summed E-state index contributed by atoms with van der Waals surface area (Å²) in [6.45, 7) is 3.77. The summed E-state index contributed by atoms with van der Waals surface area (Å²) in [5.41, 5.74) is 2.50. The average Bonchev–Trinajstić information content (AvgIpc) is 2.62. The molecule has 7 heteroatoms. The van der Waals surface area contributed by atoms with Crippen LogP contribution in [-0.2, 0) is 0 Å². The van der Waals surface area contributed by atoms with E-state index in [9.17, 15) is 0 Å². The minimum Gasteiger partial charge on any atom is -0.338 e. The zero-order chi connectivity index (χ0) is 14.8. The fraction of sp³-hybridized carbons (Fsp3) is 0.267. The molecule has 0 amide bonds. The van der Waals surface area contributed by atoms with Crippen molar-refractivity contribution in [2.45, 2.75) is 0 Å². The zero-order valence-electron chi connectivity index (χ0n) is 12.0. The Hall–Kier alpha value is -2.67. The molecule has 1 aliphatic heterocycles. The summed E-state index contributed by atoms with van der Waals surface area (Å²) in [5, 5.41) is 4.23. The summed E-state index contributed by atoms with van der Waals surface area (Å²) in [4.78, 5) is 23.8. The molecule has 0 aliphatic carbocycles. The van der Waals surface area contributed by atoms with E-state index in [1.807, 2.05) is 12.1 Å². The number of nitrogens with zero attached hydrogens (tertiary/aromatic N) is 6. The number of aromatic nitrogens is 5. The standard InChI is InChI=1S/C15H15N7/c1-2-18-15(22-5-3-16-4-6-22)21-13(1)11-7-12-8-17-10-20-14(12)19-9-11/h1-2,7-10,16H,3-6H2. The van der Waals surface area contributed by atoms with Crippen molar-refractivity contribution in [1.82, 2.24) is 30.2 Å². The summed E-state index contributed by atoms with van der Waals surface area (Å²) in [7, 11) is 0. The van der Waals surface area contributed by atoms with Gasteiger partial charge in [0.25, 0.3) is 0 Å². The summed E-state index contributed by atoms with van der Waals surface area (Å²) in [6.07, 6.45) is 6.85. The first-order valence-corrected chi connectivity index (χ1v) is 7.25. The highest BCUT2D eigenvalue weighted by molar-refractivity contribution is 5.79. The van der Waals surface area contributed by atoms with Crippen LogP contribution in [-0.4, -0.2) is 51.1 Å². The molecule has 0 unspecified atom stereocenters. The second-order valence-electron chi connectivity index (χ2n) is 5.14. The highest BCUT2D eigenvalue weighted by Gasteiger charge is 2.14. The Morgan fingerprint density at radius 3 is 2.86 bits per heavy atom. The monoisotopic (exact) mass is 293 g/mol. The zero-order valence-corrected chi connectivity index (χ0v) is 12.0. The van der Waals surface area contributed by atoms with E-state index in [1.165, 1.54) is 6.33 Å². The SMILES string of the molecule is c1cc(-c2cnc3ncncc3c2)nc(N2CCNCC2)n1. The molecule has 7 nitrogen and oxygen atoms in total. The third kappa shape index (κ3) is 2.46.